The van der Waals surface area contributed by atoms with Crippen LogP contribution in [0.3, 0.4) is 0 Å². The van der Waals surface area contributed by atoms with E-state index in [1.165, 1.54) is 0 Å². The van der Waals surface area contributed by atoms with E-state index in [1.54, 1.807) is 0 Å². The Morgan fingerprint density at radius 1 is 0.786 bits per heavy atom. The summed E-state index contributed by atoms with van der Waals surface area (Å²) in [6, 6.07) is 0. The van der Waals surface area contributed by atoms with Crippen molar-refractivity contribution >= 4 is 45.8 Å². The molecule has 0 aromatic heterocycles. The summed E-state index contributed by atoms with van der Waals surface area (Å²) in [5.74, 6) is -5.81. The molecule has 1 atom stereocenters. The molecule has 0 aromatic rings. The maximum atomic E-state index is 12.5. The molecule has 0 nitrogen and oxygen atoms in total. The zero-order chi connectivity index (χ0) is 12.0. The van der Waals surface area contributed by atoms with Crippen molar-refractivity contribution in [3.63, 3.8) is 0 Å². The first-order valence-electron chi connectivity index (χ1n) is 2.64. The molecule has 10 heteroatoms. The Hall–Kier alpha value is 0.820. The number of halogens is 10. The molecular weight excluding hydrogens is 379 g/mol. The van der Waals surface area contributed by atoms with Crippen molar-refractivity contribution in [1.82, 2.24) is 0 Å². The third-order valence-corrected chi connectivity index (χ3v) is 2.62. The summed E-state index contributed by atoms with van der Waals surface area (Å²) >= 11 is 7.65. The molecule has 0 spiro atoms. The molecule has 0 radical (unpaired) electrons. The molecule has 0 aliphatic rings. The first kappa shape index (κ1) is 14.8. The summed E-state index contributed by atoms with van der Waals surface area (Å²) in [4.78, 5) is 0. The van der Waals surface area contributed by atoms with Gasteiger partial charge in [0.25, 0.3) is 0 Å². The highest BCUT2D eigenvalue weighted by molar-refractivity contribution is 14.1. The topological polar surface area (TPSA) is 0 Å². The van der Waals surface area contributed by atoms with Crippen LogP contribution in [0.5, 0.6) is 0 Å². The Kier molecular flexibility index (Phi) is 3.90. The highest BCUT2D eigenvalue weighted by Crippen LogP contribution is 2.57. The van der Waals surface area contributed by atoms with Gasteiger partial charge in [0.1, 0.15) is 0 Å². The molecule has 0 N–H and O–H groups in total. The molecule has 14 heavy (non-hydrogen) atoms. The summed E-state index contributed by atoms with van der Waals surface area (Å²) < 4.78 is 80.2. The molecule has 0 fully saturated rings. The molecule has 0 aliphatic heterocycles. The van der Waals surface area contributed by atoms with Crippen LogP contribution < -0.4 is 0 Å². The van der Waals surface area contributed by atoms with Gasteiger partial charge in [-0.1, -0.05) is 11.6 Å². The third kappa shape index (κ3) is 2.31. The Morgan fingerprint density at radius 3 is 1.14 bits per heavy atom. The molecule has 0 heterocycles. The molecule has 0 rings (SSSR count). The van der Waals surface area contributed by atoms with Gasteiger partial charge in [0.2, 0.25) is 0 Å². The lowest BCUT2D eigenvalue weighted by atomic mass is 10.2. The molecule has 0 saturated carbocycles. The largest absolute Gasteiger partial charge is 0.375 e. The van der Waals surface area contributed by atoms with Gasteiger partial charge in [0.05, 0.1) is 0 Å². The van der Waals surface area contributed by atoms with Gasteiger partial charge in [-0.3, -0.25) is 0 Å². The Labute approximate surface area is 96.9 Å². The van der Waals surface area contributed by atoms with Gasteiger partial charge in [0.15, 0.2) is 0 Å². The lowest BCUT2D eigenvalue weighted by Gasteiger charge is -2.33. The van der Waals surface area contributed by atoms with Gasteiger partial charge in [-0.05, 0) is 11.6 Å². The zero-order valence-corrected chi connectivity index (χ0v) is 9.45. The second kappa shape index (κ2) is 3.69. The molecule has 86 valence electrons. The fraction of sp³-hybridized carbons (Fsp3) is 1.00. The van der Waals surface area contributed by atoms with Crippen LogP contribution in [0.15, 0.2) is 0 Å². The predicted molar refractivity (Wildman–Crippen MR) is 44.4 cm³/mol. The summed E-state index contributed by atoms with van der Waals surface area (Å²) in [5, 5.41) is -10.7. The van der Waals surface area contributed by atoms with Crippen LogP contribution in [-0.4, -0.2) is 20.4 Å². The fourth-order valence-corrected chi connectivity index (χ4v) is 1.12. The van der Waals surface area contributed by atoms with Gasteiger partial charge in [-0.25, -0.2) is 4.39 Å². The quantitative estimate of drug-likeness (QED) is 0.388. The van der Waals surface area contributed by atoms with Gasteiger partial charge >= 0.3 is 20.4 Å². The highest BCUT2D eigenvalue weighted by atomic mass is 127. The van der Waals surface area contributed by atoms with E-state index in [0.29, 0.717) is 0 Å². The van der Waals surface area contributed by atoms with Crippen LogP contribution in [0.25, 0.3) is 0 Å². The molecule has 0 bridgehead atoms. The van der Waals surface area contributed by atoms with Gasteiger partial charge in [-0.2, -0.15) is 26.3 Å². The van der Waals surface area contributed by atoms with Crippen LogP contribution in [0.4, 0.5) is 30.7 Å². The smallest absolute Gasteiger partial charge is 0.211 e. The van der Waals surface area contributed by atoms with E-state index in [-0.39, 0.29) is 22.6 Å². The van der Waals surface area contributed by atoms with Crippen LogP contribution in [0.2, 0.25) is 0 Å². The van der Waals surface area contributed by atoms with E-state index in [2.05, 4.69) is 23.2 Å². The summed E-state index contributed by atoms with van der Waals surface area (Å²) in [6.45, 7) is 0. The second-order valence-electron chi connectivity index (χ2n) is 2.14. The van der Waals surface area contributed by atoms with Crippen molar-refractivity contribution in [2.75, 3.05) is 0 Å². The first-order chi connectivity index (χ1) is 5.75. The van der Waals surface area contributed by atoms with Crippen molar-refractivity contribution < 1.29 is 30.7 Å². The maximum absolute atomic E-state index is 12.5. The van der Waals surface area contributed by atoms with Crippen molar-refractivity contribution in [1.29, 1.82) is 0 Å². The molecule has 0 aliphatic carbocycles. The van der Waals surface area contributed by atoms with Crippen LogP contribution in [0.1, 0.15) is 0 Å². The molecule has 0 saturated heterocycles. The Balaban J connectivity index is 5.30. The second-order valence-corrected chi connectivity index (χ2v) is 4.49. The number of alkyl halides is 10. The molecule has 0 unspecified atom stereocenters. The number of hydrogen-bond acceptors (Lipinski definition) is 0. The van der Waals surface area contributed by atoms with E-state index in [0.717, 1.165) is 0 Å². The average molecular weight is 379 g/mol. The van der Waals surface area contributed by atoms with Crippen LogP contribution in [-0.2, 0) is 0 Å². The predicted octanol–water partition coefficient (Wildman–Crippen LogP) is 4.39. The molecule has 0 amide bonds. The summed E-state index contributed by atoms with van der Waals surface area (Å²) in [7, 11) is 0. The normalized spacial score (nSPS) is 19.3. The van der Waals surface area contributed by atoms with E-state index >= 15 is 0 Å². The minimum atomic E-state index is -5.81. The van der Waals surface area contributed by atoms with Crippen molar-refractivity contribution in [3.8, 4) is 0 Å². The van der Waals surface area contributed by atoms with Crippen molar-refractivity contribution in [3.05, 3.63) is 0 Å². The SMILES string of the molecule is FC(F)(I)C(F)(F)[C@@](F)(Cl)C(F)(F)Cl. The van der Waals surface area contributed by atoms with Gasteiger partial charge in [-0.15, -0.1) is 0 Å². The first-order valence-corrected chi connectivity index (χ1v) is 4.47. The van der Waals surface area contributed by atoms with E-state index < -0.39 is 20.4 Å². The highest BCUT2D eigenvalue weighted by Gasteiger charge is 2.77. The van der Waals surface area contributed by atoms with E-state index in [1.807, 2.05) is 0 Å². The van der Waals surface area contributed by atoms with Crippen molar-refractivity contribution in [2.45, 2.75) is 20.4 Å². The van der Waals surface area contributed by atoms with Crippen molar-refractivity contribution in [2.24, 2.45) is 0 Å². The average Bonchev–Trinajstić information content (AvgIpc) is 1.81. The standard InChI is InChI=1S/C4Cl2F7I/c5-1(7,3(6,10)11)2(8,9)4(12,13)14/t1-/m0/s1. The minimum absolute atomic E-state index is 0.215. The van der Waals surface area contributed by atoms with Gasteiger partial charge in [0, 0.05) is 22.6 Å². The van der Waals surface area contributed by atoms with Crippen LogP contribution >= 0.6 is 45.8 Å². The molecular formula is C4Cl2F7I. The number of rotatable bonds is 3. The minimum Gasteiger partial charge on any atom is -0.211 e. The van der Waals surface area contributed by atoms with Gasteiger partial charge < -0.3 is 0 Å². The zero-order valence-electron chi connectivity index (χ0n) is 5.78. The Bertz CT molecular complexity index is 193. The number of hydrogen-bond donors (Lipinski definition) is 0. The summed E-state index contributed by atoms with van der Waals surface area (Å²) in [6.07, 6.45) is 0. The van der Waals surface area contributed by atoms with E-state index in [9.17, 15) is 30.7 Å². The summed E-state index contributed by atoms with van der Waals surface area (Å²) in [5.41, 5.74) is 0. The maximum Gasteiger partial charge on any atom is 0.375 e. The fourth-order valence-electron chi connectivity index (χ4n) is 0.356. The third-order valence-electron chi connectivity index (χ3n) is 1.11. The monoisotopic (exact) mass is 378 g/mol. The lowest BCUT2D eigenvalue weighted by molar-refractivity contribution is -0.235. The van der Waals surface area contributed by atoms with E-state index in [4.69, 9.17) is 0 Å². The lowest BCUT2D eigenvalue weighted by Crippen LogP contribution is -2.57. The van der Waals surface area contributed by atoms with Crippen LogP contribution in [0, 0.1) is 0 Å². The Morgan fingerprint density at radius 2 is 1.07 bits per heavy atom. The molecule has 0 aromatic carbocycles.